The van der Waals surface area contributed by atoms with E-state index in [1.54, 1.807) is 18.2 Å². The number of hydrogen-bond donors (Lipinski definition) is 3. The number of carbonyl (C=O) groups is 1. The third-order valence-corrected chi connectivity index (χ3v) is 3.15. The van der Waals surface area contributed by atoms with Gasteiger partial charge in [0.25, 0.3) is 0 Å². The van der Waals surface area contributed by atoms with Gasteiger partial charge in [-0.2, -0.15) is 0 Å². The van der Waals surface area contributed by atoms with Crippen molar-refractivity contribution in [3.05, 3.63) is 52.0 Å². The summed E-state index contributed by atoms with van der Waals surface area (Å²) in [5.41, 5.74) is 0.612. The topological polar surface area (TPSA) is 69.6 Å². The molecule has 0 aliphatic rings. The molecule has 0 saturated carbocycles. The average Bonchev–Trinajstić information content (AvgIpc) is 2.38. The van der Waals surface area contributed by atoms with E-state index in [0.717, 1.165) is 0 Å². The van der Waals surface area contributed by atoms with E-state index in [9.17, 15) is 15.0 Å². The number of phenolic OH excluding ortho intramolecular Hbond substituents is 2. The molecule has 104 valence electrons. The van der Waals surface area contributed by atoms with Gasteiger partial charge in [0, 0.05) is 10.6 Å². The third-order valence-electron chi connectivity index (χ3n) is 2.64. The van der Waals surface area contributed by atoms with Crippen LogP contribution in [0, 0.1) is 0 Å². The average molecular weight is 312 g/mol. The fourth-order valence-corrected chi connectivity index (χ4v) is 2.18. The fraction of sp³-hybridized carbons (Fsp3) is 0.0714. The Balaban J connectivity index is 2.15. The molecule has 0 fully saturated rings. The Morgan fingerprint density at radius 1 is 1.15 bits per heavy atom. The summed E-state index contributed by atoms with van der Waals surface area (Å²) in [6, 6.07) is 9.29. The summed E-state index contributed by atoms with van der Waals surface area (Å²) < 4.78 is 0. The number of amides is 1. The molecule has 0 bridgehead atoms. The van der Waals surface area contributed by atoms with Crippen LogP contribution in [-0.2, 0) is 11.2 Å². The normalized spacial score (nSPS) is 10.3. The summed E-state index contributed by atoms with van der Waals surface area (Å²) in [6.07, 6.45) is -0.0315. The Kier molecular flexibility index (Phi) is 4.37. The van der Waals surface area contributed by atoms with E-state index < -0.39 is 5.91 Å². The Hall–Kier alpha value is -1.91. The molecule has 0 saturated heterocycles. The zero-order chi connectivity index (χ0) is 14.7. The summed E-state index contributed by atoms with van der Waals surface area (Å²) in [6.45, 7) is 0. The smallest absolute Gasteiger partial charge is 0.229 e. The van der Waals surface area contributed by atoms with Gasteiger partial charge in [-0.3, -0.25) is 4.79 Å². The summed E-state index contributed by atoms with van der Waals surface area (Å²) >= 11 is 11.6. The van der Waals surface area contributed by atoms with Crippen molar-refractivity contribution in [1.29, 1.82) is 0 Å². The number of hydrogen-bond acceptors (Lipinski definition) is 3. The van der Waals surface area contributed by atoms with Crippen LogP contribution >= 0.6 is 23.2 Å². The lowest BCUT2D eigenvalue weighted by atomic mass is 10.1. The number of aromatic hydroxyl groups is 2. The van der Waals surface area contributed by atoms with Crippen LogP contribution in [-0.4, -0.2) is 16.1 Å². The highest BCUT2D eigenvalue weighted by molar-refractivity contribution is 6.36. The largest absolute Gasteiger partial charge is 0.508 e. The van der Waals surface area contributed by atoms with Crippen molar-refractivity contribution in [2.45, 2.75) is 6.42 Å². The molecule has 1 amide bonds. The van der Waals surface area contributed by atoms with Gasteiger partial charge in [-0.05, 0) is 18.2 Å². The molecule has 0 heterocycles. The number of para-hydroxylation sites is 1. The minimum atomic E-state index is -0.403. The molecule has 2 aromatic rings. The van der Waals surface area contributed by atoms with Crippen molar-refractivity contribution < 1.29 is 15.0 Å². The zero-order valence-corrected chi connectivity index (χ0v) is 11.7. The lowest BCUT2D eigenvalue weighted by molar-refractivity contribution is -0.115. The number of halogens is 2. The molecule has 6 heteroatoms. The molecule has 0 aromatic heterocycles. The van der Waals surface area contributed by atoms with Gasteiger partial charge in [0.15, 0.2) is 5.75 Å². The Bertz CT molecular complexity index is 659. The van der Waals surface area contributed by atoms with E-state index in [2.05, 4.69) is 5.32 Å². The number of rotatable bonds is 3. The molecular weight excluding hydrogens is 301 g/mol. The van der Waals surface area contributed by atoms with E-state index in [1.807, 2.05) is 0 Å². The van der Waals surface area contributed by atoms with E-state index >= 15 is 0 Å². The minimum Gasteiger partial charge on any atom is -0.508 e. The van der Waals surface area contributed by atoms with Crippen molar-refractivity contribution in [2.75, 3.05) is 5.32 Å². The van der Waals surface area contributed by atoms with E-state index in [4.69, 9.17) is 23.2 Å². The minimum absolute atomic E-state index is 0.0315. The first-order valence-electron chi connectivity index (χ1n) is 5.72. The Morgan fingerprint density at radius 3 is 2.55 bits per heavy atom. The van der Waals surface area contributed by atoms with Crippen LogP contribution in [0.1, 0.15) is 5.56 Å². The van der Waals surface area contributed by atoms with Gasteiger partial charge in [-0.15, -0.1) is 0 Å². The van der Waals surface area contributed by atoms with E-state index in [0.29, 0.717) is 10.6 Å². The van der Waals surface area contributed by atoms with E-state index in [1.165, 1.54) is 18.2 Å². The van der Waals surface area contributed by atoms with Gasteiger partial charge < -0.3 is 15.5 Å². The summed E-state index contributed by atoms with van der Waals surface area (Å²) in [5.74, 6) is -0.613. The van der Waals surface area contributed by atoms with Crippen molar-refractivity contribution in [2.24, 2.45) is 0 Å². The van der Waals surface area contributed by atoms with Crippen LogP contribution in [0.4, 0.5) is 5.69 Å². The van der Waals surface area contributed by atoms with Gasteiger partial charge in [0.2, 0.25) is 5.91 Å². The Morgan fingerprint density at radius 2 is 1.85 bits per heavy atom. The van der Waals surface area contributed by atoms with Crippen molar-refractivity contribution in [3.63, 3.8) is 0 Å². The van der Waals surface area contributed by atoms with Crippen LogP contribution in [0.2, 0.25) is 10.0 Å². The fourth-order valence-electron chi connectivity index (χ4n) is 1.69. The second-order valence-corrected chi connectivity index (χ2v) is 4.98. The quantitative estimate of drug-likeness (QED) is 0.759. The summed E-state index contributed by atoms with van der Waals surface area (Å²) in [4.78, 5) is 11.9. The highest BCUT2D eigenvalue weighted by Crippen LogP contribution is 2.35. The molecular formula is C14H11Cl2NO3. The third kappa shape index (κ3) is 3.35. The molecule has 0 aliphatic heterocycles. The molecule has 3 N–H and O–H groups in total. The number of anilines is 1. The van der Waals surface area contributed by atoms with E-state index in [-0.39, 0.29) is 28.6 Å². The van der Waals surface area contributed by atoms with Gasteiger partial charge in [0.1, 0.15) is 5.75 Å². The number of carbonyl (C=O) groups excluding carboxylic acids is 1. The first-order valence-corrected chi connectivity index (χ1v) is 6.47. The molecule has 0 spiro atoms. The zero-order valence-electron chi connectivity index (χ0n) is 10.2. The number of benzene rings is 2. The van der Waals surface area contributed by atoms with Gasteiger partial charge in [-0.1, -0.05) is 41.4 Å². The highest BCUT2D eigenvalue weighted by Gasteiger charge is 2.12. The predicted molar refractivity (Wildman–Crippen MR) is 78.6 cm³/mol. The van der Waals surface area contributed by atoms with Crippen LogP contribution in [0.15, 0.2) is 36.4 Å². The van der Waals surface area contributed by atoms with Crippen LogP contribution in [0.25, 0.3) is 0 Å². The van der Waals surface area contributed by atoms with Gasteiger partial charge in [0.05, 0.1) is 17.1 Å². The monoisotopic (exact) mass is 311 g/mol. The molecule has 4 nitrogen and oxygen atoms in total. The van der Waals surface area contributed by atoms with Crippen molar-refractivity contribution >= 4 is 34.8 Å². The standard InChI is InChI=1S/C14H11Cl2NO3/c15-9-6-10(16)14(20)11(7-9)17-13(19)5-8-3-1-2-4-12(8)18/h1-4,6-7,18,20H,5H2,(H,17,19). The lowest BCUT2D eigenvalue weighted by Crippen LogP contribution is -2.14. The maximum atomic E-state index is 11.9. The molecule has 2 aromatic carbocycles. The van der Waals surface area contributed by atoms with Gasteiger partial charge >= 0.3 is 0 Å². The van der Waals surface area contributed by atoms with Crippen molar-refractivity contribution in [3.8, 4) is 11.5 Å². The molecule has 0 radical (unpaired) electrons. The maximum absolute atomic E-state index is 11.9. The SMILES string of the molecule is O=C(Cc1ccccc1O)Nc1cc(Cl)cc(Cl)c1O. The Labute approximate surface area is 125 Å². The van der Waals surface area contributed by atoms with Crippen LogP contribution in [0.3, 0.4) is 0 Å². The van der Waals surface area contributed by atoms with Crippen LogP contribution in [0.5, 0.6) is 11.5 Å². The molecule has 20 heavy (non-hydrogen) atoms. The second-order valence-electron chi connectivity index (χ2n) is 4.14. The predicted octanol–water partition coefficient (Wildman–Crippen LogP) is 3.59. The molecule has 0 aliphatic carbocycles. The van der Waals surface area contributed by atoms with Gasteiger partial charge in [-0.25, -0.2) is 0 Å². The summed E-state index contributed by atoms with van der Waals surface area (Å²) in [5, 5.41) is 22.2. The first kappa shape index (κ1) is 14.5. The molecule has 0 unspecified atom stereocenters. The highest BCUT2D eigenvalue weighted by atomic mass is 35.5. The molecule has 2 rings (SSSR count). The second kappa shape index (κ2) is 6.03. The lowest BCUT2D eigenvalue weighted by Gasteiger charge is -2.09. The maximum Gasteiger partial charge on any atom is 0.229 e. The van der Waals surface area contributed by atoms with Crippen molar-refractivity contribution in [1.82, 2.24) is 0 Å². The first-order chi connectivity index (χ1) is 9.47. The summed E-state index contributed by atoms with van der Waals surface area (Å²) in [7, 11) is 0. The number of phenols is 2. The molecule has 0 atom stereocenters. The van der Waals surface area contributed by atoms with Crippen LogP contribution < -0.4 is 5.32 Å². The number of nitrogens with one attached hydrogen (secondary N) is 1.